The van der Waals surface area contributed by atoms with Crippen LogP contribution in [0.25, 0.3) is 0 Å². The first-order valence-corrected chi connectivity index (χ1v) is 8.66. The number of halogens is 1. The molecule has 6 nitrogen and oxygen atoms in total. The number of carbonyl (C=O) groups is 2. The van der Waals surface area contributed by atoms with Crippen molar-refractivity contribution in [3.63, 3.8) is 0 Å². The quantitative estimate of drug-likeness (QED) is 0.725. The molecule has 128 valence electrons. The Morgan fingerprint density at radius 3 is 2.67 bits per heavy atom. The lowest BCUT2D eigenvalue weighted by Crippen LogP contribution is -2.14. The summed E-state index contributed by atoms with van der Waals surface area (Å²) in [7, 11) is 2.79. The molecule has 0 fully saturated rings. The van der Waals surface area contributed by atoms with Gasteiger partial charge in [-0.2, -0.15) is 0 Å². The third-order valence-corrected chi connectivity index (χ3v) is 4.55. The first-order chi connectivity index (χ1) is 11.5. The van der Waals surface area contributed by atoms with Gasteiger partial charge in [-0.25, -0.2) is 4.79 Å². The molecule has 0 radical (unpaired) electrons. The van der Waals surface area contributed by atoms with E-state index in [1.54, 1.807) is 23.6 Å². The van der Waals surface area contributed by atoms with Gasteiger partial charge in [0.05, 0.1) is 31.0 Å². The van der Waals surface area contributed by atoms with Crippen molar-refractivity contribution >= 4 is 44.8 Å². The highest BCUT2D eigenvalue weighted by atomic mass is 79.9. The van der Waals surface area contributed by atoms with E-state index in [4.69, 9.17) is 14.2 Å². The van der Waals surface area contributed by atoms with Crippen LogP contribution in [0, 0.1) is 0 Å². The van der Waals surface area contributed by atoms with Crippen molar-refractivity contribution in [2.75, 3.05) is 26.1 Å². The van der Waals surface area contributed by atoms with Crippen LogP contribution in [0.2, 0.25) is 0 Å². The molecule has 0 saturated carbocycles. The molecular weight excluding hydrogens is 398 g/mol. The van der Waals surface area contributed by atoms with Crippen LogP contribution in [0.15, 0.2) is 28.1 Å². The van der Waals surface area contributed by atoms with Gasteiger partial charge in [-0.05, 0) is 46.4 Å². The highest BCUT2D eigenvalue weighted by molar-refractivity contribution is 9.10. The molecule has 2 rings (SSSR count). The fraction of sp³-hybridized carbons (Fsp3) is 0.250. The fourth-order valence-electron chi connectivity index (χ4n) is 1.99. The average Bonchev–Trinajstić information content (AvgIpc) is 3.03. The van der Waals surface area contributed by atoms with Crippen molar-refractivity contribution in [3.8, 4) is 11.5 Å². The molecule has 1 N–H and O–H groups in total. The minimum atomic E-state index is -0.495. The van der Waals surface area contributed by atoms with Crippen LogP contribution in [-0.4, -0.2) is 32.7 Å². The molecular formula is C16H16BrNO5S. The molecule has 1 amide bonds. The summed E-state index contributed by atoms with van der Waals surface area (Å²) in [6, 6.07) is 4.86. The first kappa shape index (κ1) is 18.3. The first-order valence-electron chi connectivity index (χ1n) is 6.99. The van der Waals surface area contributed by atoms with Crippen molar-refractivity contribution in [1.29, 1.82) is 0 Å². The number of ether oxygens (including phenoxy) is 3. The summed E-state index contributed by atoms with van der Waals surface area (Å²) >= 11 is 4.57. The number of esters is 1. The fourth-order valence-corrected chi connectivity index (χ4v) is 3.31. The Balaban J connectivity index is 2.29. The van der Waals surface area contributed by atoms with Crippen molar-refractivity contribution in [2.45, 2.75) is 6.92 Å². The maximum atomic E-state index is 12.5. The molecule has 1 aromatic carbocycles. The van der Waals surface area contributed by atoms with E-state index in [1.807, 2.05) is 6.92 Å². The highest BCUT2D eigenvalue weighted by Gasteiger charge is 2.19. The van der Waals surface area contributed by atoms with E-state index in [2.05, 4.69) is 21.2 Å². The van der Waals surface area contributed by atoms with Gasteiger partial charge in [0.1, 0.15) is 4.88 Å². The number of amides is 1. The minimum Gasteiger partial charge on any atom is -0.493 e. The molecule has 0 saturated heterocycles. The second-order valence-corrected chi connectivity index (χ2v) is 6.30. The summed E-state index contributed by atoms with van der Waals surface area (Å²) in [4.78, 5) is 24.5. The SMILES string of the molecule is CCOc1c(Br)cc(C(=O)Nc2ccsc2C(=O)OC)cc1OC. The average molecular weight is 414 g/mol. The topological polar surface area (TPSA) is 73.9 Å². The molecule has 0 atom stereocenters. The highest BCUT2D eigenvalue weighted by Crippen LogP contribution is 2.37. The van der Waals surface area contributed by atoms with Crippen LogP contribution in [0.4, 0.5) is 5.69 Å². The summed E-state index contributed by atoms with van der Waals surface area (Å²) in [6.45, 7) is 2.33. The molecule has 1 aromatic heterocycles. The molecule has 0 aliphatic rings. The number of benzene rings is 1. The number of hydrogen-bond donors (Lipinski definition) is 1. The second kappa shape index (κ2) is 8.16. The number of anilines is 1. The summed E-state index contributed by atoms with van der Waals surface area (Å²) in [5, 5.41) is 4.41. The Labute approximate surface area is 151 Å². The lowest BCUT2D eigenvalue weighted by molar-refractivity contribution is 0.0607. The maximum Gasteiger partial charge on any atom is 0.350 e. The summed E-state index contributed by atoms with van der Waals surface area (Å²) in [5.41, 5.74) is 0.769. The van der Waals surface area contributed by atoms with Gasteiger partial charge in [-0.3, -0.25) is 4.79 Å². The van der Waals surface area contributed by atoms with Crippen molar-refractivity contribution in [1.82, 2.24) is 0 Å². The summed E-state index contributed by atoms with van der Waals surface area (Å²) in [5.74, 6) is 0.101. The molecule has 0 aliphatic heterocycles. The lowest BCUT2D eigenvalue weighted by atomic mass is 10.2. The van der Waals surface area contributed by atoms with E-state index in [1.165, 1.54) is 25.6 Å². The molecule has 0 aliphatic carbocycles. The Bertz CT molecular complexity index is 759. The predicted molar refractivity (Wildman–Crippen MR) is 95.5 cm³/mol. The number of hydrogen-bond acceptors (Lipinski definition) is 6. The van der Waals surface area contributed by atoms with E-state index >= 15 is 0 Å². The molecule has 1 heterocycles. The monoisotopic (exact) mass is 413 g/mol. The summed E-state index contributed by atoms with van der Waals surface area (Å²) < 4.78 is 16.1. The number of nitrogens with one attached hydrogen (secondary N) is 1. The zero-order chi connectivity index (χ0) is 17.7. The van der Waals surface area contributed by atoms with Crippen LogP contribution in [0.1, 0.15) is 27.0 Å². The van der Waals surface area contributed by atoms with E-state index in [0.29, 0.717) is 38.7 Å². The van der Waals surface area contributed by atoms with Gasteiger partial charge in [-0.1, -0.05) is 0 Å². The van der Waals surface area contributed by atoms with E-state index in [9.17, 15) is 9.59 Å². The third-order valence-electron chi connectivity index (χ3n) is 3.06. The number of thiophene rings is 1. The van der Waals surface area contributed by atoms with Crippen LogP contribution < -0.4 is 14.8 Å². The Morgan fingerprint density at radius 2 is 2.04 bits per heavy atom. The number of carbonyl (C=O) groups excluding carboxylic acids is 2. The van der Waals surface area contributed by atoms with E-state index < -0.39 is 5.97 Å². The van der Waals surface area contributed by atoms with Crippen molar-refractivity contribution < 1.29 is 23.8 Å². The smallest absolute Gasteiger partial charge is 0.350 e. The van der Waals surface area contributed by atoms with E-state index in [-0.39, 0.29) is 5.91 Å². The van der Waals surface area contributed by atoms with Gasteiger partial charge in [0, 0.05) is 5.56 Å². The molecule has 24 heavy (non-hydrogen) atoms. The Morgan fingerprint density at radius 1 is 1.29 bits per heavy atom. The van der Waals surface area contributed by atoms with Crippen LogP contribution in [0.3, 0.4) is 0 Å². The summed E-state index contributed by atoms with van der Waals surface area (Å²) in [6.07, 6.45) is 0. The minimum absolute atomic E-state index is 0.336. The third kappa shape index (κ3) is 3.88. The van der Waals surface area contributed by atoms with Gasteiger partial charge in [-0.15, -0.1) is 11.3 Å². The van der Waals surface area contributed by atoms with Gasteiger partial charge in [0.2, 0.25) is 0 Å². The predicted octanol–water partition coefficient (Wildman–Crippen LogP) is 3.96. The zero-order valence-corrected chi connectivity index (χ0v) is 15.7. The van der Waals surface area contributed by atoms with Gasteiger partial charge >= 0.3 is 5.97 Å². The standard InChI is InChI=1S/C16H16BrNO5S/c1-4-23-13-10(17)7-9(8-12(13)21-2)15(19)18-11-5-6-24-14(11)16(20)22-3/h5-8H,4H2,1-3H3,(H,18,19). The maximum absolute atomic E-state index is 12.5. The number of rotatable bonds is 6. The molecule has 0 bridgehead atoms. The van der Waals surface area contributed by atoms with E-state index in [0.717, 1.165) is 0 Å². The normalized spacial score (nSPS) is 10.2. The molecule has 8 heteroatoms. The lowest BCUT2D eigenvalue weighted by Gasteiger charge is -2.13. The molecule has 0 spiro atoms. The Kier molecular flexibility index (Phi) is 6.22. The van der Waals surface area contributed by atoms with Crippen molar-refractivity contribution in [3.05, 3.63) is 38.5 Å². The number of methoxy groups -OCH3 is 2. The molecule has 0 unspecified atom stereocenters. The van der Waals surface area contributed by atoms with Gasteiger partial charge in [0.15, 0.2) is 11.5 Å². The largest absolute Gasteiger partial charge is 0.493 e. The van der Waals surface area contributed by atoms with Crippen molar-refractivity contribution in [2.24, 2.45) is 0 Å². The second-order valence-electron chi connectivity index (χ2n) is 4.53. The van der Waals surface area contributed by atoms with Crippen LogP contribution in [0.5, 0.6) is 11.5 Å². The Hall–Kier alpha value is -2.06. The van der Waals surface area contributed by atoms with Gasteiger partial charge < -0.3 is 19.5 Å². The van der Waals surface area contributed by atoms with Gasteiger partial charge in [0.25, 0.3) is 5.91 Å². The molecule has 2 aromatic rings. The van der Waals surface area contributed by atoms with Crippen LogP contribution in [-0.2, 0) is 4.74 Å². The van der Waals surface area contributed by atoms with Crippen LogP contribution >= 0.6 is 27.3 Å². The zero-order valence-electron chi connectivity index (χ0n) is 13.3.